The fraction of sp³-hybridized carbons (Fsp3) is 0.143. The highest BCUT2D eigenvalue weighted by Crippen LogP contribution is 2.28. The first-order valence-corrected chi connectivity index (χ1v) is 5.89. The van der Waals surface area contributed by atoms with Crippen LogP contribution in [0.2, 0.25) is 0 Å². The minimum atomic E-state index is -1.29. The van der Waals surface area contributed by atoms with Gasteiger partial charge in [-0.25, -0.2) is 9.59 Å². The molecule has 2 rings (SSSR count). The van der Waals surface area contributed by atoms with Crippen LogP contribution in [0.1, 0.15) is 32.7 Å². The highest BCUT2D eigenvalue weighted by molar-refractivity contribution is 6.05. The number of carboxylic acids is 2. The summed E-state index contributed by atoms with van der Waals surface area (Å²) in [6.45, 7) is 0. The zero-order valence-corrected chi connectivity index (χ0v) is 10.5. The van der Waals surface area contributed by atoms with E-state index in [-0.39, 0.29) is 11.1 Å². The second kappa shape index (κ2) is 4.92. The molecular weight excluding hydrogens is 260 g/mol. The highest BCUT2D eigenvalue weighted by Gasteiger charge is 2.23. The van der Waals surface area contributed by atoms with E-state index in [2.05, 4.69) is 0 Å². The van der Waals surface area contributed by atoms with Crippen LogP contribution in [-0.2, 0) is 0 Å². The molecule has 1 aromatic carbocycles. The third kappa shape index (κ3) is 2.61. The minimum absolute atomic E-state index is 0.238. The second-order valence-corrected chi connectivity index (χ2v) is 4.65. The van der Waals surface area contributed by atoms with E-state index in [1.807, 2.05) is 0 Å². The molecule has 0 fully saturated rings. The molecule has 0 radical (unpaired) electrons. The van der Waals surface area contributed by atoms with Crippen molar-refractivity contribution in [3.63, 3.8) is 0 Å². The number of hydrogen-bond donors (Lipinski definition) is 4. The van der Waals surface area contributed by atoms with Gasteiger partial charge in [0, 0.05) is 6.42 Å². The molecule has 20 heavy (non-hydrogen) atoms. The first-order chi connectivity index (χ1) is 9.32. The lowest BCUT2D eigenvalue weighted by molar-refractivity contribution is 0.0651. The maximum Gasteiger partial charge on any atom is 0.337 e. The zero-order valence-electron chi connectivity index (χ0n) is 10.5. The Morgan fingerprint density at radius 1 is 1.15 bits per heavy atom. The van der Waals surface area contributed by atoms with Crippen molar-refractivity contribution in [2.24, 2.45) is 11.5 Å². The summed E-state index contributed by atoms with van der Waals surface area (Å²) in [6.07, 6.45) is 5.22. The fourth-order valence-electron chi connectivity index (χ4n) is 2.07. The fourth-order valence-corrected chi connectivity index (χ4v) is 2.07. The van der Waals surface area contributed by atoms with Gasteiger partial charge >= 0.3 is 11.9 Å². The molecule has 0 bridgehead atoms. The Morgan fingerprint density at radius 2 is 1.85 bits per heavy atom. The molecule has 0 aliphatic heterocycles. The summed E-state index contributed by atoms with van der Waals surface area (Å²) >= 11 is 0. The summed E-state index contributed by atoms with van der Waals surface area (Å²) in [7, 11) is 0. The van der Waals surface area contributed by atoms with Crippen LogP contribution in [0.3, 0.4) is 0 Å². The van der Waals surface area contributed by atoms with E-state index >= 15 is 0 Å². The number of allylic oxidation sites excluding steroid dienone is 2. The van der Waals surface area contributed by atoms with E-state index in [1.54, 1.807) is 24.3 Å². The van der Waals surface area contributed by atoms with Gasteiger partial charge in [-0.1, -0.05) is 24.3 Å². The normalized spacial score (nSPS) is 16.6. The topological polar surface area (TPSA) is 127 Å². The summed E-state index contributed by atoms with van der Waals surface area (Å²) in [4.78, 5) is 22.5. The van der Waals surface area contributed by atoms with E-state index in [9.17, 15) is 14.7 Å². The monoisotopic (exact) mass is 274 g/mol. The van der Waals surface area contributed by atoms with Crippen molar-refractivity contribution in [2.75, 3.05) is 0 Å². The van der Waals surface area contributed by atoms with Crippen LogP contribution in [0, 0.1) is 0 Å². The Bertz CT molecular complexity index is 645. The van der Waals surface area contributed by atoms with Crippen molar-refractivity contribution in [1.29, 1.82) is 0 Å². The van der Waals surface area contributed by atoms with Gasteiger partial charge in [0.25, 0.3) is 0 Å². The molecule has 1 aliphatic rings. The lowest BCUT2D eigenvalue weighted by atomic mass is 9.89. The van der Waals surface area contributed by atoms with Gasteiger partial charge in [-0.2, -0.15) is 0 Å². The molecule has 0 aromatic heterocycles. The lowest BCUT2D eigenvalue weighted by Crippen LogP contribution is -2.47. The van der Waals surface area contributed by atoms with Gasteiger partial charge in [-0.3, -0.25) is 0 Å². The number of nitrogens with two attached hydrogens (primary N) is 2. The van der Waals surface area contributed by atoms with Crippen molar-refractivity contribution in [2.45, 2.75) is 12.1 Å². The summed E-state index contributed by atoms with van der Waals surface area (Å²) in [5, 5.41) is 18.3. The number of aromatic carboxylic acids is 2. The first kappa shape index (κ1) is 14.0. The Morgan fingerprint density at radius 3 is 2.35 bits per heavy atom. The second-order valence-electron chi connectivity index (χ2n) is 4.65. The molecule has 1 aliphatic carbocycles. The number of hydrogen-bond acceptors (Lipinski definition) is 4. The highest BCUT2D eigenvalue weighted by atomic mass is 16.4. The third-order valence-electron chi connectivity index (χ3n) is 3.07. The summed E-state index contributed by atoms with van der Waals surface area (Å²) in [5.41, 5.74) is 10.9. The van der Waals surface area contributed by atoms with Gasteiger partial charge in [0.15, 0.2) is 0 Å². The van der Waals surface area contributed by atoms with E-state index < -0.39 is 17.6 Å². The summed E-state index contributed by atoms with van der Waals surface area (Å²) in [6, 6.07) is 4.33. The molecule has 0 saturated carbocycles. The molecule has 6 nitrogen and oxygen atoms in total. The number of benzene rings is 1. The van der Waals surface area contributed by atoms with Gasteiger partial charge in [-0.15, -0.1) is 0 Å². The van der Waals surface area contributed by atoms with Crippen molar-refractivity contribution < 1.29 is 19.8 Å². The Kier molecular flexibility index (Phi) is 3.44. The molecule has 0 spiro atoms. The van der Waals surface area contributed by atoms with Crippen molar-refractivity contribution in [1.82, 2.24) is 0 Å². The maximum absolute atomic E-state index is 11.4. The molecule has 0 amide bonds. The zero-order chi connectivity index (χ0) is 14.9. The maximum atomic E-state index is 11.4. The number of rotatable bonds is 3. The first-order valence-electron chi connectivity index (χ1n) is 5.89. The largest absolute Gasteiger partial charge is 0.478 e. The van der Waals surface area contributed by atoms with Crippen molar-refractivity contribution in [3.8, 4) is 0 Å². The van der Waals surface area contributed by atoms with Crippen molar-refractivity contribution in [3.05, 3.63) is 53.1 Å². The Hall–Kier alpha value is -2.44. The molecule has 6 N–H and O–H groups in total. The molecule has 0 atom stereocenters. The lowest BCUT2D eigenvalue weighted by Gasteiger charge is -2.23. The van der Waals surface area contributed by atoms with Crippen LogP contribution in [0.15, 0.2) is 36.4 Å². The van der Waals surface area contributed by atoms with E-state index in [4.69, 9.17) is 16.6 Å². The Balaban J connectivity index is 2.56. The van der Waals surface area contributed by atoms with Crippen LogP contribution >= 0.6 is 0 Å². The quantitative estimate of drug-likeness (QED) is 0.610. The summed E-state index contributed by atoms with van der Waals surface area (Å²) in [5.74, 6) is -2.57. The number of carbonyl (C=O) groups is 2. The van der Waals surface area contributed by atoms with Gasteiger partial charge < -0.3 is 21.7 Å². The molecule has 0 unspecified atom stereocenters. The van der Waals surface area contributed by atoms with Crippen LogP contribution in [-0.4, -0.2) is 27.8 Å². The molecule has 104 valence electrons. The molecule has 6 heteroatoms. The standard InChI is InChI=1S/C14H14N2O4/c15-14(16)6-4-8(5-7-14)9-2-1-3-10(12(17)18)11(9)13(19)20/h1-6H,7,15-16H2,(H,17,18)(H,19,20). The van der Waals surface area contributed by atoms with Gasteiger partial charge in [-0.05, 0) is 23.3 Å². The SMILES string of the molecule is NC1(N)C=CC(c2cccc(C(=O)O)c2C(=O)O)=CC1. The van der Waals surface area contributed by atoms with Crippen LogP contribution < -0.4 is 11.5 Å². The molecule has 1 aromatic rings. The van der Waals surface area contributed by atoms with Crippen molar-refractivity contribution >= 4 is 17.5 Å². The Labute approximate surface area is 115 Å². The number of carboxylic acid groups (broad SMARTS) is 2. The predicted molar refractivity (Wildman–Crippen MR) is 73.2 cm³/mol. The third-order valence-corrected chi connectivity index (χ3v) is 3.07. The van der Waals surface area contributed by atoms with E-state index in [1.165, 1.54) is 12.1 Å². The summed E-state index contributed by atoms with van der Waals surface area (Å²) < 4.78 is 0. The van der Waals surface area contributed by atoms with E-state index in [0.717, 1.165) is 0 Å². The smallest absolute Gasteiger partial charge is 0.337 e. The van der Waals surface area contributed by atoms with Gasteiger partial charge in [0.1, 0.15) is 0 Å². The molecule has 0 heterocycles. The van der Waals surface area contributed by atoms with Crippen LogP contribution in [0.4, 0.5) is 0 Å². The van der Waals surface area contributed by atoms with E-state index in [0.29, 0.717) is 17.6 Å². The predicted octanol–water partition coefficient (Wildman–Crippen LogP) is 1.04. The average Bonchev–Trinajstić information content (AvgIpc) is 2.37. The molecular formula is C14H14N2O4. The minimum Gasteiger partial charge on any atom is -0.478 e. The average molecular weight is 274 g/mol. The van der Waals surface area contributed by atoms with Gasteiger partial charge in [0.05, 0.1) is 16.8 Å². The van der Waals surface area contributed by atoms with Crippen LogP contribution in [0.5, 0.6) is 0 Å². The van der Waals surface area contributed by atoms with Gasteiger partial charge in [0.2, 0.25) is 0 Å². The molecule has 0 saturated heterocycles. The van der Waals surface area contributed by atoms with Crippen LogP contribution in [0.25, 0.3) is 5.57 Å².